The number of carbonyl (C=O) groups excluding carboxylic acids is 1. The highest BCUT2D eigenvalue weighted by atomic mass is 19.4. The molecule has 3 N–H and O–H groups in total. The number of carbonyl (C=O) groups is 1. The number of rotatable bonds is 9. The van der Waals surface area contributed by atoms with E-state index in [4.69, 9.17) is 15.2 Å². The third-order valence-corrected chi connectivity index (χ3v) is 6.13. The van der Waals surface area contributed by atoms with Gasteiger partial charge in [0.15, 0.2) is 11.6 Å². The number of ether oxygens (including phenoxy) is 2. The molecule has 2 atom stereocenters. The van der Waals surface area contributed by atoms with Crippen LogP contribution in [0, 0.1) is 17.8 Å². The minimum Gasteiger partial charge on any atom is -0.489 e. The third-order valence-electron chi connectivity index (χ3n) is 6.13. The molecule has 13 heteroatoms. The summed E-state index contributed by atoms with van der Waals surface area (Å²) in [6, 6.07) is 3.45. The molecule has 2 aromatic rings. The molecule has 3 heterocycles. The Hall–Kier alpha value is -3.38. The van der Waals surface area contributed by atoms with E-state index in [-0.39, 0.29) is 17.9 Å². The first-order valence-electron chi connectivity index (χ1n) is 11.5. The lowest BCUT2D eigenvalue weighted by atomic mass is 9.98. The molecule has 0 bridgehead atoms. The van der Waals surface area contributed by atoms with Crippen molar-refractivity contribution in [1.82, 2.24) is 25.3 Å². The molecule has 1 saturated carbocycles. The molecule has 4 rings (SSSR count). The van der Waals surface area contributed by atoms with Crippen LogP contribution >= 0.6 is 0 Å². The van der Waals surface area contributed by atoms with Crippen LogP contribution in [0.15, 0.2) is 18.3 Å². The van der Waals surface area contributed by atoms with Gasteiger partial charge in [-0.25, -0.2) is 4.98 Å². The molecule has 1 amide bonds. The molecule has 2 aromatic heterocycles. The van der Waals surface area contributed by atoms with Crippen molar-refractivity contribution in [2.45, 2.75) is 32.4 Å². The first-order chi connectivity index (χ1) is 16.7. The van der Waals surface area contributed by atoms with Gasteiger partial charge in [0.1, 0.15) is 6.54 Å². The van der Waals surface area contributed by atoms with E-state index >= 15 is 0 Å². The van der Waals surface area contributed by atoms with E-state index < -0.39 is 24.5 Å². The van der Waals surface area contributed by atoms with Crippen molar-refractivity contribution < 1.29 is 27.4 Å². The number of halogens is 3. The van der Waals surface area contributed by atoms with Gasteiger partial charge in [0.25, 0.3) is 5.91 Å². The van der Waals surface area contributed by atoms with E-state index in [0.29, 0.717) is 49.7 Å². The molecule has 1 aliphatic heterocycles. The maximum absolute atomic E-state index is 12.5. The number of pyridine rings is 1. The molecule has 0 unspecified atom stereocenters. The lowest BCUT2D eigenvalue weighted by Gasteiger charge is -2.32. The number of amides is 1. The number of aromatic nitrogens is 4. The molecule has 190 valence electrons. The number of hydrogen-bond acceptors (Lipinski definition) is 9. The summed E-state index contributed by atoms with van der Waals surface area (Å²) in [7, 11) is 0. The van der Waals surface area contributed by atoms with Gasteiger partial charge in [0, 0.05) is 19.3 Å². The van der Waals surface area contributed by atoms with Crippen LogP contribution in [-0.4, -0.2) is 64.9 Å². The van der Waals surface area contributed by atoms with E-state index in [9.17, 15) is 18.0 Å². The highest BCUT2D eigenvalue weighted by Crippen LogP contribution is 2.37. The fourth-order valence-electron chi connectivity index (χ4n) is 3.76. The average molecular weight is 496 g/mol. The van der Waals surface area contributed by atoms with E-state index in [1.54, 1.807) is 23.6 Å². The Balaban J connectivity index is 1.39. The van der Waals surface area contributed by atoms with Crippen molar-refractivity contribution in [3.8, 4) is 11.8 Å². The van der Waals surface area contributed by atoms with E-state index in [2.05, 4.69) is 26.9 Å². The first-order valence-corrected chi connectivity index (χ1v) is 11.5. The average Bonchev–Trinajstić information content (AvgIpc) is 3.55. The van der Waals surface area contributed by atoms with Crippen molar-refractivity contribution in [3.63, 3.8) is 0 Å². The molecule has 2 fully saturated rings. The van der Waals surface area contributed by atoms with Crippen LogP contribution in [0.3, 0.4) is 0 Å². The van der Waals surface area contributed by atoms with Gasteiger partial charge in [-0.2, -0.15) is 28.1 Å². The fourth-order valence-corrected chi connectivity index (χ4v) is 3.76. The largest absolute Gasteiger partial charge is 0.489 e. The molecular formula is C22H28F3N7O3. The monoisotopic (exact) mass is 495 g/mol. The van der Waals surface area contributed by atoms with Gasteiger partial charge in [-0.1, -0.05) is 6.92 Å². The number of anilines is 2. The van der Waals surface area contributed by atoms with Gasteiger partial charge in [0.2, 0.25) is 11.8 Å². The van der Waals surface area contributed by atoms with E-state index in [1.165, 1.54) is 0 Å². The molecule has 1 saturated heterocycles. The summed E-state index contributed by atoms with van der Waals surface area (Å²) in [5.41, 5.74) is 5.81. The third kappa shape index (κ3) is 7.06. The van der Waals surface area contributed by atoms with Gasteiger partial charge in [-0.05, 0) is 49.1 Å². The van der Waals surface area contributed by atoms with Gasteiger partial charge < -0.3 is 25.4 Å². The number of nitrogens with one attached hydrogen (secondary N) is 1. The second-order valence-electron chi connectivity index (χ2n) is 8.95. The lowest BCUT2D eigenvalue weighted by molar-refractivity contribution is -0.123. The zero-order chi connectivity index (χ0) is 25.0. The Morgan fingerprint density at radius 1 is 1.20 bits per heavy atom. The van der Waals surface area contributed by atoms with Crippen molar-refractivity contribution >= 4 is 17.7 Å². The highest BCUT2D eigenvalue weighted by molar-refractivity contribution is 5.90. The van der Waals surface area contributed by atoms with Crippen LogP contribution in [0.5, 0.6) is 11.8 Å². The molecule has 10 nitrogen and oxygen atoms in total. The zero-order valence-electron chi connectivity index (χ0n) is 19.3. The predicted octanol–water partition coefficient (Wildman–Crippen LogP) is 2.47. The lowest BCUT2D eigenvalue weighted by Crippen LogP contribution is -2.38. The topological polar surface area (TPSA) is 128 Å². The fraction of sp³-hybridized carbons (Fsp3) is 0.591. The molecule has 0 aromatic carbocycles. The summed E-state index contributed by atoms with van der Waals surface area (Å²) in [5, 5.41) is 1.80. The van der Waals surface area contributed by atoms with E-state index in [0.717, 1.165) is 19.3 Å². The summed E-state index contributed by atoms with van der Waals surface area (Å²) in [5.74, 6) is 0.800. The Morgan fingerprint density at radius 3 is 2.60 bits per heavy atom. The number of alkyl halides is 3. The Bertz CT molecular complexity index is 1030. The van der Waals surface area contributed by atoms with Crippen LogP contribution in [0.4, 0.5) is 24.9 Å². The standard InChI is InChI=1S/C22H28F3N7O3/c1-13-9-15(13)11-35-21-30-18(19(33)28-12-22(23,24)25)29-20(31-21)32-7-4-14(5-8-32)10-34-16-3-2-6-27-17(16)26/h2-3,6,13-15H,4-5,7-12H2,1H3,(H2,26,27)(H,28,33)/t13-,15-/m1/s1. The normalized spacial score (nSPS) is 20.4. The van der Waals surface area contributed by atoms with Gasteiger partial charge in [-0.3, -0.25) is 4.79 Å². The molecule has 0 spiro atoms. The maximum Gasteiger partial charge on any atom is 0.405 e. The number of nitrogen functional groups attached to an aromatic ring is 1. The summed E-state index contributed by atoms with van der Waals surface area (Å²) < 4.78 is 49.1. The minimum absolute atomic E-state index is 0.0660. The number of nitrogens with two attached hydrogens (primary N) is 1. The van der Waals surface area contributed by atoms with Crippen LogP contribution in [0.1, 0.15) is 36.8 Å². The minimum atomic E-state index is -4.54. The molecule has 2 aliphatic rings. The van der Waals surface area contributed by atoms with Crippen LogP contribution in [-0.2, 0) is 0 Å². The molecular weight excluding hydrogens is 467 g/mol. The second kappa shape index (κ2) is 10.5. The van der Waals surface area contributed by atoms with Crippen LogP contribution in [0.2, 0.25) is 0 Å². The smallest absolute Gasteiger partial charge is 0.405 e. The van der Waals surface area contributed by atoms with Crippen molar-refractivity contribution in [2.24, 2.45) is 17.8 Å². The Kier molecular flexibility index (Phi) is 7.41. The summed E-state index contributed by atoms with van der Waals surface area (Å²) in [6.45, 7) is 2.62. The van der Waals surface area contributed by atoms with Crippen molar-refractivity contribution in [3.05, 3.63) is 24.2 Å². The molecule has 0 radical (unpaired) electrons. The number of hydrogen-bond donors (Lipinski definition) is 2. The van der Waals surface area contributed by atoms with Crippen molar-refractivity contribution in [2.75, 3.05) is 43.5 Å². The maximum atomic E-state index is 12.5. The first kappa shape index (κ1) is 24.7. The highest BCUT2D eigenvalue weighted by Gasteiger charge is 2.34. The Labute approximate surface area is 200 Å². The van der Waals surface area contributed by atoms with Gasteiger partial charge >= 0.3 is 12.2 Å². The predicted molar refractivity (Wildman–Crippen MR) is 120 cm³/mol. The number of piperidine rings is 1. The van der Waals surface area contributed by atoms with Gasteiger partial charge in [-0.15, -0.1) is 0 Å². The number of nitrogens with zero attached hydrogens (tertiary/aromatic N) is 5. The Morgan fingerprint density at radius 2 is 1.94 bits per heavy atom. The quantitative estimate of drug-likeness (QED) is 0.539. The second-order valence-corrected chi connectivity index (χ2v) is 8.95. The van der Waals surface area contributed by atoms with E-state index in [1.807, 2.05) is 4.90 Å². The van der Waals surface area contributed by atoms with Crippen LogP contribution < -0.4 is 25.4 Å². The van der Waals surface area contributed by atoms with Crippen molar-refractivity contribution in [1.29, 1.82) is 0 Å². The molecule has 1 aliphatic carbocycles. The van der Waals surface area contributed by atoms with Gasteiger partial charge in [0.05, 0.1) is 13.2 Å². The molecule has 35 heavy (non-hydrogen) atoms. The van der Waals surface area contributed by atoms with Crippen LogP contribution in [0.25, 0.3) is 0 Å². The SMILES string of the molecule is C[C@@H]1C[C@@H]1COc1nc(C(=O)NCC(F)(F)F)nc(N2CCC(COc3cccnc3N)CC2)n1. The zero-order valence-corrected chi connectivity index (χ0v) is 19.3. The summed E-state index contributed by atoms with van der Waals surface area (Å²) >= 11 is 0. The summed E-state index contributed by atoms with van der Waals surface area (Å²) in [4.78, 5) is 30.6. The summed E-state index contributed by atoms with van der Waals surface area (Å²) in [6.07, 6.45) is -0.404.